The largest absolute Gasteiger partial charge is 0.492 e. The van der Waals surface area contributed by atoms with Crippen molar-refractivity contribution < 1.29 is 9.50 Å². The van der Waals surface area contributed by atoms with Crippen molar-refractivity contribution in [1.29, 1.82) is 0 Å². The lowest BCUT2D eigenvalue weighted by atomic mass is 10.3. The number of pyridine rings is 1. The second-order valence-electron chi connectivity index (χ2n) is 3.45. The van der Waals surface area contributed by atoms with Gasteiger partial charge < -0.3 is 5.11 Å². The lowest BCUT2D eigenvalue weighted by molar-refractivity contribution is 0.386. The van der Waals surface area contributed by atoms with E-state index < -0.39 is 22.9 Å². The summed E-state index contributed by atoms with van der Waals surface area (Å²) in [6.07, 6.45) is 2.81. The lowest BCUT2D eigenvalue weighted by Crippen LogP contribution is -2.31. The highest BCUT2D eigenvalue weighted by Gasteiger charge is 2.15. The fourth-order valence-corrected chi connectivity index (χ4v) is 1.40. The molecular formula is C10H8FN3O3. The average Bonchev–Trinajstić information content (AvgIpc) is 2.26. The fraction of sp³-hybridized carbons (Fsp3) is 0.100. The first-order valence-electron chi connectivity index (χ1n) is 4.66. The molecule has 0 spiro atoms. The molecule has 0 aliphatic rings. The summed E-state index contributed by atoms with van der Waals surface area (Å²) in [5, 5.41) is 9.44. The molecule has 88 valence electrons. The number of aryl methyl sites for hydroxylation is 1. The van der Waals surface area contributed by atoms with E-state index >= 15 is 0 Å². The van der Waals surface area contributed by atoms with E-state index in [4.69, 9.17) is 0 Å². The van der Waals surface area contributed by atoms with Crippen LogP contribution in [0.5, 0.6) is 5.88 Å². The van der Waals surface area contributed by atoms with Gasteiger partial charge >= 0.3 is 5.69 Å². The molecule has 0 fully saturated rings. The normalized spacial score (nSPS) is 10.5. The van der Waals surface area contributed by atoms with Crippen LogP contribution in [0.3, 0.4) is 0 Å². The summed E-state index contributed by atoms with van der Waals surface area (Å²) < 4.78 is 13.8. The van der Waals surface area contributed by atoms with Gasteiger partial charge in [0, 0.05) is 6.20 Å². The molecule has 6 nitrogen and oxygen atoms in total. The topological polar surface area (TPSA) is 88.0 Å². The smallest absolute Gasteiger partial charge is 0.335 e. The third kappa shape index (κ3) is 1.82. The number of H-pyrrole nitrogens is 1. The van der Waals surface area contributed by atoms with Crippen molar-refractivity contribution in [2.24, 2.45) is 0 Å². The molecule has 0 atom stereocenters. The van der Waals surface area contributed by atoms with Crippen molar-refractivity contribution >= 4 is 0 Å². The monoisotopic (exact) mass is 237 g/mol. The molecule has 0 unspecified atom stereocenters. The third-order valence-corrected chi connectivity index (χ3v) is 2.15. The highest BCUT2D eigenvalue weighted by Crippen LogP contribution is 2.14. The minimum absolute atomic E-state index is 0.169. The Morgan fingerprint density at radius 3 is 2.76 bits per heavy atom. The Labute approximate surface area is 94.0 Å². The van der Waals surface area contributed by atoms with E-state index in [-0.39, 0.29) is 5.69 Å². The second-order valence-corrected chi connectivity index (χ2v) is 3.45. The zero-order valence-electron chi connectivity index (χ0n) is 8.77. The summed E-state index contributed by atoms with van der Waals surface area (Å²) >= 11 is 0. The first kappa shape index (κ1) is 11.1. The van der Waals surface area contributed by atoms with E-state index in [1.165, 1.54) is 18.5 Å². The molecule has 17 heavy (non-hydrogen) atoms. The van der Waals surface area contributed by atoms with Gasteiger partial charge in [0.1, 0.15) is 0 Å². The van der Waals surface area contributed by atoms with Gasteiger partial charge in [-0.15, -0.1) is 0 Å². The first-order valence-corrected chi connectivity index (χ1v) is 4.66. The van der Waals surface area contributed by atoms with Gasteiger partial charge in [-0.25, -0.2) is 9.36 Å². The molecule has 0 amide bonds. The van der Waals surface area contributed by atoms with Crippen LogP contribution in [0.4, 0.5) is 4.39 Å². The summed E-state index contributed by atoms with van der Waals surface area (Å²) in [6.45, 7) is 1.72. The molecule has 2 aromatic rings. The van der Waals surface area contributed by atoms with Gasteiger partial charge in [-0.05, 0) is 18.6 Å². The molecule has 0 bridgehead atoms. The Balaban J connectivity index is 2.81. The zero-order chi connectivity index (χ0) is 12.6. The van der Waals surface area contributed by atoms with Crippen molar-refractivity contribution in [3.05, 3.63) is 50.7 Å². The molecule has 2 heterocycles. The molecule has 0 saturated carbocycles. The van der Waals surface area contributed by atoms with Gasteiger partial charge in [0.25, 0.3) is 5.56 Å². The number of halogens is 1. The van der Waals surface area contributed by atoms with Crippen molar-refractivity contribution in [2.45, 2.75) is 6.92 Å². The number of aromatic nitrogens is 3. The molecule has 0 aromatic carbocycles. The molecular weight excluding hydrogens is 229 g/mol. The second kappa shape index (κ2) is 3.85. The number of nitrogens with one attached hydrogen (secondary N) is 1. The quantitative estimate of drug-likeness (QED) is 0.734. The first-order chi connectivity index (χ1) is 8.00. The average molecular weight is 237 g/mol. The molecule has 2 rings (SSSR count). The van der Waals surface area contributed by atoms with Crippen LogP contribution < -0.4 is 11.2 Å². The maximum Gasteiger partial charge on any atom is 0.335 e. The van der Waals surface area contributed by atoms with Crippen LogP contribution in [-0.2, 0) is 0 Å². The predicted octanol–water partition coefficient (Wildman–Crippen LogP) is 0.0739. The SMILES string of the molecule is Cc1cncc(-n2c(O)c(F)c(=O)[nH]c2=O)c1. The van der Waals surface area contributed by atoms with Crippen molar-refractivity contribution in [3.8, 4) is 11.6 Å². The summed E-state index contributed by atoms with van der Waals surface area (Å²) in [7, 11) is 0. The van der Waals surface area contributed by atoms with Crippen LogP contribution in [0.1, 0.15) is 5.56 Å². The number of aromatic hydroxyl groups is 1. The van der Waals surface area contributed by atoms with Crippen LogP contribution in [0.15, 0.2) is 28.0 Å². The van der Waals surface area contributed by atoms with Gasteiger partial charge in [-0.1, -0.05) is 0 Å². The molecule has 0 saturated heterocycles. The van der Waals surface area contributed by atoms with Gasteiger partial charge in [-0.2, -0.15) is 4.39 Å². The summed E-state index contributed by atoms with van der Waals surface area (Å²) in [6, 6.07) is 1.52. The molecule has 2 aromatic heterocycles. The van der Waals surface area contributed by atoms with Crippen LogP contribution in [0.25, 0.3) is 5.69 Å². The number of aromatic amines is 1. The van der Waals surface area contributed by atoms with Crippen molar-refractivity contribution in [1.82, 2.24) is 14.5 Å². The van der Waals surface area contributed by atoms with Gasteiger partial charge in [0.2, 0.25) is 11.7 Å². The Kier molecular flexibility index (Phi) is 2.51. The summed E-state index contributed by atoms with van der Waals surface area (Å²) in [5.41, 5.74) is -1.30. The van der Waals surface area contributed by atoms with Gasteiger partial charge in [0.05, 0.1) is 11.9 Å². The van der Waals surface area contributed by atoms with E-state index in [0.29, 0.717) is 4.57 Å². The van der Waals surface area contributed by atoms with E-state index in [1.54, 1.807) is 11.9 Å². The Morgan fingerprint density at radius 2 is 2.12 bits per heavy atom. The highest BCUT2D eigenvalue weighted by molar-refractivity contribution is 5.35. The molecule has 7 heteroatoms. The van der Waals surface area contributed by atoms with Crippen LogP contribution in [0, 0.1) is 12.7 Å². The Hall–Kier alpha value is -2.44. The van der Waals surface area contributed by atoms with Crippen LogP contribution in [0.2, 0.25) is 0 Å². The molecule has 0 radical (unpaired) electrons. The summed E-state index contributed by atoms with van der Waals surface area (Å²) in [4.78, 5) is 27.9. The zero-order valence-corrected chi connectivity index (χ0v) is 8.77. The van der Waals surface area contributed by atoms with E-state index in [9.17, 15) is 19.1 Å². The maximum atomic E-state index is 13.2. The van der Waals surface area contributed by atoms with Crippen molar-refractivity contribution in [3.63, 3.8) is 0 Å². The fourth-order valence-electron chi connectivity index (χ4n) is 1.40. The highest BCUT2D eigenvalue weighted by atomic mass is 19.1. The lowest BCUT2D eigenvalue weighted by Gasteiger charge is -2.07. The number of rotatable bonds is 1. The Bertz CT molecular complexity index is 690. The molecule has 0 aliphatic carbocycles. The van der Waals surface area contributed by atoms with Gasteiger partial charge in [-0.3, -0.25) is 14.8 Å². The standard InChI is InChI=1S/C10H8FN3O3/c1-5-2-6(4-12-3-5)14-9(16)7(11)8(15)13-10(14)17/h2-4,16H,1H3,(H,13,15,17). The predicted molar refractivity (Wildman–Crippen MR) is 56.8 cm³/mol. The van der Waals surface area contributed by atoms with Gasteiger partial charge in [0.15, 0.2) is 0 Å². The molecule has 0 aliphatic heterocycles. The minimum Gasteiger partial charge on any atom is -0.492 e. The van der Waals surface area contributed by atoms with Crippen molar-refractivity contribution in [2.75, 3.05) is 0 Å². The molecule has 2 N–H and O–H groups in total. The number of nitrogens with zero attached hydrogens (tertiary/aromatic N) is 2. The van der Waals surface area contributed by atoms with E-state index in [2.05, 4.69) is 4.98 Å². The minimum atomic E-state index is -1.41. The third-order valence-electron chi connectivity index (χ3n) is 2.15. The maximum absolute atomic E-state index is 13.2. The van der Waals surface area contributed by atoms with E-state index in [1.807, 2.05) is 0 Å². The Morgan fingerprint density at radius 1 is 1.41 bits per heavy atom. The summed E-state index contributed by atoms with van der Waals surface area (Å²) in [5.74, 6) is -2.45. The number of hydrogen-bond acceptors (Lipinski definition) is 4. The van der Waals surface area contributed by atoms with Crippen LogP contribution >= 0.6 is 0 Å². The van der Waals surface area contributed by atoms with E-state index in [0.717, 1.165) is 5.56 Å². The van der Waals surface area contributed by atoms with Crippen LogP contribution in [-0.4, -0.2) is 19.6 Å². The number of hydrogen-bond donors (Lipinski definition) is 2.